The molecule has 1 unspecified atom stereocenters. The van der Waals surface area contributed by atoms with Gasteiger partial charge in [0.15, 0.2) is 11.6 Å². The third-order valence-electron chi connectivity index (χ3n) is 5.89. The van der Waals surface area contributed by atoms with E-state index in [9.17, 15) is 0 Å². The van der Waals surface area contributed by atoms with Gasteiger partial charge in [-0.1, -0.05) is 5.16 Å². The predicted octanol–water partition coefficient (Wildman–Crippen LogP) is 3.76. The van der Waals surface area contributed by atoms with E-state index < -0.39 is 0 Å². The molecule has 0 aromatic carbocycles. The quantitative estimate of drug-likeness (QED) is 0.313. The number of nitrogens with one attached hydrogen (secondary N) is 2. The highest BCUT2D eigenvalue weighted by Crippen LogP contribution is 2.37. The summed E-state index contributed by atoms with van der Waals surface area (Å²) in [4.78, 5) is 20.3. The van der Waals surface area contributed by atoms with E-state index in [-0.39, 0.29) is 6.04 Å². The van der Waals surface area contributed by atoms with Gasteiger partial charge in [0.25, 0.3) is 0 Å². The van der Waals surface area contributed by atoms with E-state index in [0.717, 1.165) is 43.0 Å². The van der Waals surface area contributed by atoms with Gasteiger partial charge in [-0.15, -0.1) is 0 Å². The van der Waals surface area contributed by atoms with E-state index in [0.29, 0.717) is 48.1 Å². The van der Waals surface area contributed by atoms with Gasteiger partial charge >= 0.3 is 0 Å². The molecule has 5 rings (SSSR count). The summed E-state index contributed by atoms with van der Waals surface area (Å²) in [6.45, 7) is 5.72. The monoisotopic (exact) mass is 491 g/mol. The number of hydrogen-bond donors (Lipinski definition) is 2. The number of anilines is 3. The predicted molar refractivity (Wildman–Crippen MR) is 132 cm³/mol. The molecule has 1 aliphatic rings. The first-order chi connectivity index (χ1) is 17.6. The summed E-state index contributed by atoms with van der Waals surface area (Å²) in [7, 11) is 1.67. The van der Waals surface area contributed by atoms with Crippen molar-refractivity contribution in [1.29, 1.82) is 0 Å². The zero-order chi connectivity index (χ0) is 24.9. The molecule has 4 aromatic heterocycles. The molecule has 1 aliphatic heterocycles. The Morgan fingerprint density at radius 1 is 1.11 bits per heavy atom. The van der Waals surface area contributed by atoms with E-state index in [1.807, 2.05) is 26.0 Å². The lowest BCUT2D eigenvalue weighted by Crippen LogP contribution is -2.25. The molecule has 188 valence electrons. The van der Waals surface area contributed by atoms with Gasteiger partial charge in [0.2, 0.25) is 11.8 Å². The third-order valence-corrected chi connectivity index (χ3v) is 5.89. The highest BCUT2D eigenvalue weighted by Gasteiger charge is 2.32. The highest BCUT2D eigenvalue weighted by molar-refractivity contribution is 5.58. The molecule has 0 spiro atoms. The van der Waals surface area contributed by atoms with Gasteiger partial charge < -0.3 is 24.2 Å². The van der Waals surface area contributed by atoms with Gasteiger partial charge in [0.05, 0.1) is 18.3 Å². The number of ether oxygens (including phenoxy) is 2. The van der Waals surface area contributed by atoms with Crippen molar-refractivity contribution in [3.63, 3.8) is 0 Å². The van der Waals surface area contributed by atoms with Crippen molar-refractivity contribution in [2.75, 3.05) is 37.1 Å². The molecule has 12 heteroatoms. The second kappa shape index (κ2) is 10.7. The van der Waals surface area contributed by atoms with E-state index in [4.69, 9.17) is 24.0 Å². The van der Waals surface area contributed by atoms with Crippen LogP contribution >= 0.6 is 0 Å². The zero-order valence-corrected chi connectivity index (χ0v) is 20.6. The average Bonchev–Trinajstić information content (AvgIpc) is 3.63. The van der Waals surface area contributed by atoms with Gasteiger partial charge in [0.1, 0.15) is 17.2 Å². The summed E-state index contributed by atoms with van der Waals surface area (Å²) >= 11 is 0. The van der Waals surface area contributed by atoms with Crippen LogP contribution in [0.5, 0.6) is 5.88 Å². The van der Waals surface area contributed by atoms with Crippen LogP contribution in [0.1, 0.15) is 42.5 Å². The zero-order valence-electron chi connectivity index (χ0n) is 20.6. The van der Waals surface area contributed by atoms with E-state index in [1.54, 1.807) is 25.6 Å². The molecule has 1 atom stereocenters. The topological polar surface area (TPSA) is 140 Å². The summed E-state index contributed by atoms with van der Waals surface area (Å²) in [6.07, 6.45) is 5.92. The lowest BCUT2D eigenvalue weighted by Gasteiger charge is -2.23. The maximum absolute atomic E-state index is 5.93. The molecule has 1 fully saturated rings. The van der Waals surface area contributed by atoms with Gasteiger partial charge in [-0.25, -0.2) is 0 Å². The Bertz CT molecular complexity index is 1310. The molecule has 2 N–H and O–H groups in total. The van der Waals surface area contributed by atoms with Gasteiger partial charge in [0, 0.05) is 63.0 Å². The molecule has 5 heterocycles. The second-order valence-electron chi connectivity index (χ2n) is 8.60. The molecule has 0 aliphatic carbocycles. The lowest BCUT2D eigenvalue weighted by molar-refractivity contribution is 0.170. The second-order valence-corrected chi connectivity index (χ2v) is 8.60. The molecule has 0 amide bonds. The van der Waals surface area contributed by atoms with Gasteiger partial charge in [-0.3, -0.25) is 15.1 Å². The lowest BCUT2D eigenvalue weighted by atomic mass is 10.1. The smallest absolute Gasteiger partial charge is 0.231 e. The first kappa shape index (κ1) is 23.7. The molecular weight excluding hydrogens is 462 g/mol. The Morgan fingerprint density at radius 2 is 2.00 bits per heavy atom. The molecule has 1 saturated heterocycles. The maximum atomic E-state index is 5.93. The molecule has 36 heavy (non-hydrogen) atoms. The number of methoxy groups -OCH3 is 1. The Kier molecular flexibility index (Phi) is 7.03. The van der Waals surface area contributed by atoms with E-state index >= 15 is 0 Å². The fourth-order valence-corrected chi connectivity index (χ4v) is 4.19. The molecular formula is C24H29N9O3. The van der Waals surface area contributed by atoms with Crippen molar-refractivity contribution in [2.45, 2.75) is 39.2 Å². The summed E-state index contributed by atoms with van der Waals surface area (Å²) in [5, 5.41) is 14.7. The number of nitrogens with zero attached hydrogens (tertiary/aromatic N) is 7. The number of H-pyrrole nitrogens is 1. The van der Waals surface area contributed by atoms with Crippen LogP contribution in [0.15, 0.2) is 35.1 Å². The molecule has 0 saturated carbocycles. The highest BCUT2D eigenvalue weighted by atomic mass is 16.5. The SMILES string of the molecule is COCCCOc1cc(Nc2cc(C)[nH]n2)nc(N2CCCC2c2cc(-c3nccnc3C)no2)n1. The van der Waals surface area contributed by atoms with Crippen molar-refractivity contribution in [3.8, 4) is 17.3 Å². The fourth-order valence-electron chi connectivity index (χ4n) is 4.19. The molecule has 0 radical (unpaired) electrons. The number of aryl methyl sites for hydroxylation is 2. The average molecular weight is 492 g/mol. The van der Waals surface area contributed by atoms with E-state index in [1.165, 1.54) is 0 Å². The number of rotatable bonds is 10. The van der Waals surface area contributed by atoms with Crippen LogP contribution in [-0.4, -0.2) is 62.2 Å². The van der Waals surface area contributed by atoms with Crippen LogP contribution in [0.25, 0.3) is 11.4 Å². The molecule has 4 aromatic rings. The van der Waals surface area contributed by atoms with Crippen molar-refractivity contribution < 1.29 is 14.0 Å². The number of hydrogen-bond acceptors (Lipinski definition) is 11. The Morgan fingerprint density at radius 3 is 2.81 bits per heavy atom. The normalized spacial score (nSPS) is 15.4. The minimum atomic E-state index is -0.0625. The Hall–Kier alpha value is -4.06. The van der Waals surface area contributed by atoms with Crippen LogP contribution in [-0.2, 0) is 4.74 Å². The summed E-state index contributed by atoms with van der Waals surface area (Å²) in [5.74, 6) is 3.02. The third kappa shape index (κ3) is 5.28. The van der Waals surface area contributed by atoms with E-state index in [2.05, 4.69) is 35.5 Å². The summed E-state index contributed by atoms with van der Waals surface area (Å²) in [6, 6.07) is 5.54. The number of aromatic nitrogens is 7. The van der Waals surface area contributed by atoms with Crippen LogP contribution in [0.2, 0.25) is 0 Å². The fraction of sp³-hybridized carbons (Fsp3) is 0.417. The standard InChI is InChI=1S/C24H29N9O3/c1-15-12-21(31-30-15)27-20-14-22(35-11-5-10-34-3)29-24(28-20)33-9-4-6-18(33)19-13-17(32-36-19)23-16(2)25-7-8-26-23/h7-8,12-14,18H,4-6,9-11H2,1-3H3,(H2,27,28,29,30,31). The molecule has 0 bridgehead atoms. The van der Waals surface area contributed by atoms with Crippen molar-refractivity contribution in [1.82, 2.24) is 35.3 Å². The maximum Gasteiger partial charge on any atom is 0.231 e. The minimum Gasteiger partial charge on any atom is -0.477 e. The number of aromatic amines is 1. The minimum absolute atomic E-state index is 0.0625. The Labute approximate surface area is 208 Å². The summed E-state index contributed by atoms with van der Waals surface area (Å²) < 4.78 is 16.8. The van der Waals surface area contributed by atoms with Crippen LogP contribution in [0.4, 0.5) is 17.6 Å². The van der Waals surface area contributed by atoms with Crippen molar-refractivity contribution in [3.05, 3.63) is 47.7 Å². The van der Waals surface area contributed by atoms with Crippen LogP contribution in [0.3, 0.4) is 0 Å². The molecule has 12 nitrogen and oxygen atoms in total. The van der Waals surface area contributed by atoms with Crippen LogP contribution in [0, 0.1) is 13.8 Å². The Balaban J connectivity index is 1.42. The van der Waals surface area contributed by atoms with Crippen molar-refractivity contribution in [2.24, 2.45) is 0 Å². The largest absolute Gasteiger partial charge is 0.477 e. The first-order valence-corrected chi connectivity index (χ1v) is 11.9. The van der Waals surface area contributed by atoms with Gasteiger partial charge in [-0.05, 0) is 26.7 Å². The van der Waals surface area contributed by atoms with Crippen LogP contribution < -0.4 is 15.0 Å². The first-order valence-electron chi connectivity index (χ1n) is 11.9. The van der Waals surface area contributed by atoms with Gasteiger partial charge in [-0.2, -0.15) is 15.1 Å². The summed E-state index contributed by atoms with van der Waals surface area (Å²) in [5.41, 5.74) is 3.11. The van der Waals surface area contributed by atoms with Crippen molar-refractivity contribution >= 4 is 17.6 Å².